The molecule has 0 atom stereocenters. The number of ether oxygens (including phenoxy) is 1. The van der Waals surface area contributed by atoms with Crippen LogP contribution in [-0.2, 0) is 4.74 Å². The van der Waals surface area contributed by atoms with E-state index in [1.807, 2.05) is 0 Å². The summed E-state index contributed by atoms with van der Waals surface area (Å²) < 4.78 is 5.47. The monoisotopic (exact) mass is 202 g/mol. The number of hydrogen-bond donors (Lipinski definition) is 1. The highest BCUT2D eigenvalue weighted by Crippen LogP contribution is 1.94. The van der Waals surface area contributed by atoms with Gasteiger partial charge in [0.1, 0.15) is 0 Å². The van der Waals surface area contributed by atoms with Crippen molar-refractivity contribution in [3.8, 4) is 0 Å². The van der Waals surface area contributed by atoms with Crippen LogP contribution in [0.1, 0.15) is 33.1 Å². The van der Waals surface area contributed by atoms with E-state index >= 15 is 0 Å². The van der Waals surface area contributed by atoms with Crippen LogP contribution in [0.4, 0.5) is 0 Å². The first-order valence-electron chi connectivity index (χ1n) is 5.85. The van der Waals surface area contributed by atoms with Crippen molar-refractivity contribution in [2.45, 2.75) is 33.1 Å². The number of rotatable bonds is 10. The third kappa shape index (κ3) is 8.48. The van der Waals surface area contributed by atoms with Crippen molar-refractivity contribution in [3.63, 3.8) is 0 Å². The maximum Gasteiger partial charge on any atom is 0.0593 e. The zero-order valence-corrected chi connectivity index (χ0v) is 9.80. The minimum absolute atomic E-state index is 0.788. The molecule has 14 heavy (non-hydrogen) atoms. The van der Waals surface area contributed by atoms with Gasteiger partial charge in [-0.1, -0.05) is 13.8 Å². The SMILES string of the molecule is CCCOCCN(CCC)CCCN. The number of nitrogens with two attached hydrogens (primary N) is 1. The minimum atomic E-state index is 0.788. The Morgan fingerprint density at radius 1 is 1.00 bits per heavy atom. The average molecular weight is 202 g/mol. The maximum absolute atomic E-state index is 5.49. The van der Waals surface area contributed by atoms with Gasteiger partial charge in [0, 0.05) is 13.2 Å². The molecule has 0 radical (unpaired) electrons. The zero-order chi connectivity index (χ0) is 10.6. The topological polar surface area (TPSA) is 38.5 Å². The molecule has 0 aliphatic heterocycles. The van der Waals surface area contributed by atoms with Crippen LogP contribution in [0, 0.1) is 0 Å². The van der Waals surface area contributed by atoms with E-state index in [9.17, 15) is 0 Å². The summed E-state index contributed by atoms with van der Waals surface area (Å²) >= 11 is 0. The van der Waals surface area contributed by atoms with E-state index in [0.29, 0.717) is 0 Å². The van der Waals surface area contributed by atoms with E-state index in [-0.39, 0.29) is 0 Å². The molecule has 3 heteroatoms. The van der Waals surface area contributed by atoms with Crippen molar-refractivity contribution in [2.75, 3.05) is 39.4 Å². The molecule has 0 heterocycles. The second kappa shape index (κ2) is 11.0. The molecule has 2 N–H and O–H groups in total. The van der Waals surface area contributed by atoms with Crippen molar-refractivity contribution < 1.29 is 4.74 Å². The molecule has 0 aromatic heterocycles. The molecule has 0 aromatic rings. The van der Waals surface area contributed by atoms with Gasteiger partial charge >= 0.3 is 0 Å². The van der Waals surface area contributed by atoms with E-state index < -0.39 is 0 Å². The molecule has 0 aromatic carbocycles. The second-order valence-corrected chi connectivity index (χ2v) is 3.60. The molecule has 86 valence electrons. The van der Waals surface area contributed by atoms with Crippen molar-refractivity contribution in [1.29, 1.82) is 0 Å². The summed E-state index contributed by atoms with van der Waals surface area (Å²) in [5.41, 5.74) is 5.49. The maximum atomic E-state index is 5.49. The summed E-state index contributed by atoms with van der Waals surface area (Å²) in [5.74, 6) is 0. The fourth-order valence-corrected chi connectivity index (χ4v) is 1.41. The highest BCUT2D eigenvalue weighted by atomic mass is 16.5. The molecule has 0 saturated carbocycles. The fraction of sp³-hybridized carbons (Fsp3) is 1.00. The molecule has 3 nitrogen and oxygen atoms in total. The molecule has 0 saturated heterocycles. The van der Waals surface area contributed by atoms with Crippen LogP contribution in [-0.4, -0.2) is 44.3 Å². The van der Waals surface area contributed by atoms with Crippen LogP contribution in [0.15, 0.2) is 0 Å². The summed E-state index contributed by atoms with van der Waals surface area (Å²) in [4.78, 5) is 2.43. The Morgan fingerprint density at radius 2 is 1.79 bits per heavy atom. The van der Waals surface area contributed by atoms with Gasteiger partial charge in [0.25, 0.3) is 0 Å². The van der Waals surface area contributed by atoms with Gasteiger partial charge in [-0.2, -0.15) is 0 Å². The summed E-state index contributed by atoms with van der Waals surface area (Å²) in [5, 5.41) is 0. The minimum Gasteiger partial charge on any atom is -0.380 e. The Kier molecular flexibility index (Phi) is 10.9. The van der Waals surface area contributed by atoms with Crippen LogP contribution in [0.5, 0.6) is 0 Å². The quantitative estimate of drug-likeness (QED) is 0.545. The second-order valence-electron chi connectivity index (χ2n) is 3.60. The number of nitrogens with zero attached hydrogens (tertiary/aromatic N) is 1. The Bertz CT molecular complexity index is 109. The molecule has 0 unspecified atom stereocenters. The largest absolute Gasteiger partial charge is 0.380 e. The Labute approximate surface area is 88.6 Å². The molecule has 0 spiro atoms. The smallest absolute Gasteiger partial charge is 0.0593 e. The highest BCUT2D eigenvalue weighted by molar-refractivity contribution is 4.56. The van der Waals surface area contributed by atoms with Gasteiger partial charge < -0.3 is 15.4 Å². The van der Waals surface area contributed by atoms with Gasteiger partial charge in [-0.05, 0) is 38.9 Å². The van der Waals surface area contributed by atoms with Gasteiger partial charge in [0.2, 0.25) is 0 Å². The predicted molar refractivity (Wildman–Crippen MR) is 61.5 cm³/mol. The van der Waals surface area contributed by atoms with Crippen LogP contribution in [0.3, 0.4) is 0 Å². The zero-order valence-electron chi connectivity index (χ0n) is 9.80. The molecule has 0 aliphatic rings. The lowest BCUT2D eigenvalue weighted by molar-refractivity contribution is 0.104. The lowest BCUT2D eigenvalue weighted by Gasteiger charge is -2.21. The van der Waals surface area contributed by atoms with Crippen molar-refractivity contribution in [3.05, 3.63) is 0 Å². The molecular weight excluding hydrogens is 176 g/mol. The first kappa shape index (κ1) is 13.9. The summed E-state index contributed by atoms with van der Waals surface area (Å²) in [6.07, 6.45) is 3.41. The summed E-state index contributed by atoms with van der Waals surface area (Å²) in [6, 6.07) is 0. The van der Waals surface area contributed by atoms with E-state index in [1.165, 1.54) is 6.42 Å². The number of hydrogen-bond acceptors (Lipinski definition) is 3. The lowest BCUT2D eigenvalue weighted by Crippen LogP contribution is -2.30. The van der Waals surface area contributed by atoms with Crippen LogP contribution in [0.2, 0.25) is 0 Å². The third-order valence-electron chi connectivity index (χ3n) is 2.12. The van der Waals surface area contributed by atoms with Crippen LogP contribution < -0.4 is 5.73 Å². The Morgan fingerprint density at radius 3 is 2.36 bits per heavy atom. The van der Waals surface area contributed by atoms with Gasteiger partial charge in [0.15, 0.2) is 0 Å². The van der Waals surface area contributed by atoms with E-state index in [0.717, 1.165) is 52.2 Å². The first-order valence-corrected chi connectivity index (χ1v) is 5.85. The molecule has 0 bridgehead atoms. The highest BCUT2D eigenvalue weighted by Gasteiger charge is 2.02. The lowest BCUT2D eigenvalue weighted by atomic mass is 10.3. The van der Waals surface area contributed by atoms with Gasteiger partial charge in [0.05, 0.1) is 6.61 Å². The first-order chi connectivity index (χ1) is 6.85. The van der Waals surface area contributed by atoms with E-state index in [1.54, 1.807) is 0 Å². The standard InChI is InChI=1S/C11H26N2O/c1-3-7-13(8-5-6-12)9-11-14-10-4-2/h3-12H2,1-2H3. The van der Waals surface area contributed by atoms with Crippen molar-refractivity contribution in [2.24, 2.45) is 5.73 Å². The van der Waals surface area contributed by atoms with Gasteiger partial charge in [-0.15, -0.1) is 0 Å². The Balaban J connectivity index is 3.40. The van der Waals surface area contributed by atoms with Crippen molar-refractivity contribution in [1.82, 2.24) is 4.90 Å². The summed E-state index contributed by atoms with van der Waals surface area (Å²) in [7, 11) is 0. The summed E-state index contributed by atoms with van der Waals surface area (Å²) in [6.45, 7) is 10.2. The molecule has 0 amide bonds. The molecule has 0 aliphatic carbocycles. The predicted octanol–water partition coefficient (Wildman–Crippen LogP) is 1.47. The van der Waals surface area contributed by atoms with Crippen LogP contribution in [0.25, 0.3) is 0 Å². The Hall–Kier alpha value is -0.120. The van der Waals surface area contributed by atoms with Gasteiger partial charge in [-0.3, -0.25) is 0 Å². The van der Waals surface area contributed by atoms with Crippen LogP contribution >= 0.6 is 0 Å². The molecule has 0 fully saturated rings. The molecular formula is C11H26N2O. The van der Waals surface area contributed by atoms with E-state index in [4.69, 9.17) is 10.5 Å². The average Bonchev–Trinajstić information content (AvgIpc) is 2.20. The van der Waals surface area contributed by atoms with Gasteiger partial charge in [-0.25, -0.2) is 0 Å². The van der Waals surface area contributed by atoms with E-state index in [2.05, 4.69) is 18.7 Å². The fourth-order valence-electron chi connectivity index (χ4n) is 1.41. The normalized spacial score (nSPS) is 11.1. The third-order valence-corrected chi connectivity index (χ3v) is 2.12. The van der Waals surface area contributed by atoms with Crippen molar-refractivity contribution >= 4 is 0 Å². The molecule has 0 rings (SSSR count).